The number of amides is 1. The highest BCUT2D eigenvalue weighted by Crippen LogP contribution is 2.35. The molecule has 0 spiro atoms. The number of carbonyl (C=O) groups is 5. The third-order valence-corrected chi connectivity index (χ3v) is 7.36. The summed E-state index contributed by atoms with van der Waals surface area (Å²) in [6.45, 7) is 3.82. The van der Waals surface area contributed by atoms with E-state index in [0.717, 1.165) is 39.5 Å². The van der Waals surface area contributed by atoms with Gasteiger partial charge in [-0.05, 0) is 37.7 Å². The van der Waals surface area contributed by atoms with E-state index in [2.05, 4.69) is 0 Å². The molecule has 0 saturated carbocycles. The second-order valence-electron chi connectivity index (χ2n) is 11.7. The van der Waals surface area contributed by atoms with Crippen molar-refractivity contribution in [3.63, 3.8) is 0 Å². The van der Waals surface area contributed by atoms with Crippen LogP contribution in [0.15, 0.2) is 48.5 Å². The minimum atomic E-state index is -1.82. The average Bonchev–Trinajstić information content (AvgIpc) is 3.08. The van der Waals surface area contributed by atoms with Crippen molar-refractivity contribution in [2.45, 2.75) is 64.5 Å². The van der Waals surface area contributed by atoms with Gasteiger partial charge in [0, 0.05) is 39.9 Å². The van der Waals surface area contributed by atoms with E-state index in [1.165, 1.54) is 17.0 Å². The lowest BCUT2D eigenvalue weighted by Gasteiger charge is -2.42. The van der Waals surface area contributed by atoms with Crippen molar-refractivity contribution in [1.82, 2.24) is 9.80 Å². The Morgan fingerprint density at radius 2 is 1.48 bits per heavy atom. The van der Waals surface area contributed by atoms with Crippen molar-refractivity contribution < 1.29 is 66.8 Å². The second kappa shape index (κ2) is 19.9. The summed E-state index contributed by atoms with van der Waals surface area (Å²) >= 11 is 0. The van der Waals surface area contributed by atoms with Crippen LogP contribution in [0.4, 0.5) is 10.5 Å². The topological polar surface area (TPSA) is 209 Å². The van der Waals surface area contributed by atoms with Crippen LogP contribution in [0.1, 0.15) is 31.9 Å². The Morgan fingerprint density at radius 3 is 2.08 bits per heavy atom. The highest BCUT2D eigenvalue weighted by atomic mass is 16.7. The minimum Gasteiger partial charge on any atom is -0.467 e. The van der Waals surface area contributed by atoms with Crippen molar-refractivity contribution in [1.29, 1.82) is 0 Å². The fourth-order valence-corrected chi connectivity index (χ4v) is 4.97. The number of nitro benzene ring substituents is 1. The fourth-order valence-electron chi connectivity index (χ4n) is 4.97. The monoisotopic (exact) mass is 733 g/mol. The Labute approximate surface area is 299 Å². The third-order valence-electron chi connectivity index (χ3n) is 7.36. The van der Waals surface area contributed by atoms with E-state index in [-0.39, 0.29) is 25.4 Å². The molecule has 0 bridgehead atoms. The Kier molecular flexibility index (Phi) is 15.7. The standard InChI is InChI=1S/C34H43N3O15/c1-21(38)48-28-29(49-22(2)39)31(50-23(3)40)33(52-30(28)32(41)45-6)51-27-13-12-25(18-26(27)37(43)44)19-47-34(42)36(16-15-35(4)5)20-46-17-14-24-10-8-7-9-11-24/h7-13,18,28-31,33H,14-17,19-20H2,1-6H3/t28?,29?,30?,31?,33-/m0/s1. The molecule has 0 aliphatic carbocycles. The van der Waals surface area contributed by atoms with Gasteiger partial charge in [0.15, 0.2) is 24.1 Å². The van der Waals surface area contributed by atoms with Crippen LogP contribution in [0.25, 0.3) is 0 Å². The van der Waals surface area contributed by atoms with E-state index in [1.54, 1.807) is 0 Å². The van der Waals surface area contributed by atoms with Crippen molar-refractivity contribution in [2.75, 3.05) is 47.6 Å². The maximum Gasteiger partial charge on any atom is 0.411 e. The second-order valence-corrected chi connectivity index (χ2v) is 11.7. The molecule has 18 nitrogen and oxygen atoms in total. The van der Waals surface area contributed by atoms with Crippen molar-refractivity contribution in [3.05, 3.63) is 69.8 Å². The maximum absolute atomic E-state index is 13.1. The molecule has 52 heavy (non-hydrogen) atoms. The molecule has 0 aromatic heterocycles. The lowest BCUT2D eigenvalue weighted by molar-refractivity contribution is -0.387. The molecule has 5 atom stereocenters. The molecule has 1 amide bonds. The van der Waals surface area contributed by atoms with Crippen molar-refractivity contribution in [2.24, 2.45) is 0 Å². The van der Waals surface area contributed by atoms with E-state index in [0.29, 0.717) is 19.6 Å². The van der Waals surface area contributed by atoms with Crippen LogP contribution < -0.4 is 4.74 Å². The Balaban J connectivity index is 1.81. The summed E-state index contributed by atoms with van der Waals surface area (Å²) in [5, 5.41) is 12.2. The van der Waals surface area contributed by atoms with E-state index in [4.69, 9.17) is 37.9 Å². The summed E-state index contributed by atoms with van der Waals surface area (Å²) in [5.74, 6) is -4.22. The first-order valence-electron chi connectivity index (χ1n) is 16.1. The number of nitro groups is 1. The molecule has 1 heterocycles. The van der Waals surface area contributed by atoms with Gasteiger partial charge in [0.25, 0.3) is 0 Å². The van der Waals surface area contributed by atoms with Crippen molar-refractivity contribution in [3.8, 4) is 5.75 Å². The van der Waals surface area contributed by atoms with Gasteiger partial charge in [-0.15, -0.1) is 0 Å². The largest absolute Gasteiger partial charge is 0.467 e. The molecule has 2 aromatic rings. The first-order valence-corrected chi connectivity index (χ1v) is 16.1. The predicted octanol–water partition coefficient (Wildman–Crippen LogP) is 2.38. The zero-order chi connectivity index (χ0) is 38.4. The van der Waals surface area contributed by atoms with Gasteiger partial charge in [-0.25, -0.2) is 9.59 Å². The molecule has 3 rings (SSSR count). The first kappa shape index (κ1) is 41.1. The van der Waals surface area contributed by atoms with Crippen LogP contribution in [0, 0.1) is 10.1 Å². The number of carbonyl (C=O) groups excluding carboxylic acids is 5. The van der Waals surface area contributed by atoms with Crippen LogP contribution in [0.2, 0.25) is 0 Å². The van der Waals surface area contributed by atoms with E-state index < -0.39 is 77.0 Å². The molecule has 2 aromatic carbocycles. The summed E-state index contributed by atoms with van der Waals surface area (Å²) in [5.41, 5.74) is 0.675. The van der Waals surface area contributed by atoms with Crippen LogP contribution in [-0.4, -0.2) is 123 Å². The lowest BCUT2D eigenvalue weighted by atomic mass is 9.97. The Morgan fingerprint density at radius 1 is 0.846 bits per heavy atom. The number of methoxy groups -OCH3 is 1. The van der Waals surface area contributed by atoms with Gasteiger partial charge in [-0.1, -0.05) is 36.4 Å². The number of nitrogens with zero attached hydrogens (tertiary/aromatic N) is 3. The molecule has 1 saturated heterocycles. The third kappa shape index (κ3) is 12.5. The number of likely N-dealkylation sites (N-methyl/N-ethyl adjacent to an activating group) is 1. The predicted molar refractivity (Wildman–Crippen MR) is 177 cm³/mol. The molecule has 0 N–H and O–H groups in total. The maximum atomic E-state index is 13.1. The van der Waals surface area contributed by atoms with Gasteiger partial charge in [0.05, 0.1) is 18.6 Å². The van der Waals surface area contributed by atoms with Gasteiger partial charge in [0.2, 0.25) is 12.4 Å². The van der Waals surface area contributed by atoms with Gasteiger partial charge < -0.3 is 42.8 Å². The van der Waals surface area contributed by atoms with Gasteiger partial charge in [0.1, 0.15) is 13.3 Å². The zero-order valence-electron chi connectivity index (χ0n) is 29.7. The molecular weight excluding hydrogens is 690 g/mol. The molecule has 1 aliphatic rings. The van der Waals surface area contributed by atoms with Gasteiger partial charge in [-0.3, -0.25) is 29.4 Å². The summed E-state index contributed by atoms with van der Waals surface area (Å²) in [7, 11) is 4.71. The van der Waals surface area contributed by atoms with E-state index >= 15 is 0 Å². The number of rotatable bonds is 17. The number of benzene rings is 2. The molecular formula is C34H43N3O15. The van der Waals surface area contributed by atoms with Crippen molar-refractivity contribution >= 4 is 35.7 Å². The van der Waals surface area contributed by atoms with Gasteiger partial charge >= 0.3 is 35.7 Å². The molecule has 284 valence electrons. The summed E-state index contributed by atoms with van der Waals surface area (Å²) in [4.78, 5) is 76.5. The molecule has 1 aliphatic heterocycles. The Bertz CT molecular complexity index is 1550. The van der Waals surface area contributed by atoms with Crippen LogP contribution in [-0.2, 0) is 65.4 Å². The quantitative estimate of drug-likeness (QED) is 0.0571. The van der Waals surface area contributed by atoms with E-state index in [9.17, 15) is 34.1 Å². The highest BCUT2D eigenvalue weighted by Gasteiger charge is 2.56. The molecule has 0 radical (unpaired) electrons. The number of esters is 4. The fraction of sp³-hybridized carbons (Fsp3) is 0.500. The van der Waals surface area contributed by atoms with Gasteiger partial charge in [-0.2, -0.15) is 0 Å². The smallest absolute Gasteiger partial charge is 0.411 e. The van der Waals surface area contributed by atoms with E-state index in [1.807, 2.05) is 49.3 Å². The number of hydrogen-bond acceptors (Lipinski definition) is 16. The number of ether oxygens (including phenoxy) is 8. The summed E-state index contributed by atoms with van der Waals surface area (Å²) in [6, 6.07) is 13.3. The molecule has 1 fully saturated rings. The lowest BCUT2D eigenvalue weighted by Crippen LogP contribution is -2.64. The number of hydrogen-bond donors (Lipinski definition) is 0. The minimum absolute atomic E-state index is 0.0451. The molecule has 4 unspecified atom stereocenters. The first-order chi connectivity index (χ1) is 24.7. The van der Waals surface area contributed by atoms with Crippen LogP contribution in [0.3, 0.4) is 0 Å². The average molecular weight is 734 g/mol. The SMILES string of the molecule is COC(=O)C1O[C@H](Oc2ccc(COC(=O)N(CCN(C)C)COCCc3ccccc3)cc2[N+](=O)[O-])C(OC(C)=O)C(OC(C)=O)C1OC(C)=O. The normalized spacial score (nSPS) is 19.6. The highest BCUT2D eigenvalue weighted by molar-refractivity contribution is 5.77. The molecule has 18 heteroatoms. The summed E-state index contributed by atoms with van der Waals surface area (Å²) in [6.07, 6.45) is -8.67. The summed E-state index contributed by atoms with van der Waals surface area (Å²) < 4.78 is 43.3. The van der Waals surface area contributed by atoms with Crippen LogP contribution >= 0.6 is 0 Å². The Hall–Kier alpha value is -5.33. The zero-order valence-corrected chi connectivity index (χ0v) is 29.7. The van der Waals surface area contributed by atoms with Crippen LogP contribution in [0.5, 0.6) is 5.75 Å².